The van der Waals surface area contributed by atoms with E-state index in [9.17, 15) is 0 Å². The molecule has 1 aromatic rings. The molecule has 2 heterocycles. The molecule has 1 aliphatic heterocycles. The van der Waals surface area contributed by atoms with Crippen molar-refractivity contribution in [1.29, 1.82) is 0 Å². The van der Waals surface area contributed by atoms with E-state index in [1.54, 1.807) is 0 Å². The molecule has 2 atom stereocenters. The van der Waals surface area contributed by atoms with Gasteiger partial charge in [0.25, 0.3) is 0 Å². The van der Waals surface area contributed by atoms with Crippen LogP contribution in [0.2, 0.25) is 0 Å². The summed E-state index contributed by atoms with van der Waals surface area (Å²) in [6, 6.07) is 4.96. The number of hydrogen-bond donors (Lipinski definition) is 1. The van der Waals surface area contributed by atoms with Gasteiger partial charge in [0.05, 0.1) is 0 Å². The Balaban J connectivity index is 2.04. The summed E-state index contributed by atoms with van der Waals surface area (Å²) >= 11 is 0. The van der Waals surface area contributed by atoms with Crippen LogP contribution in [0.3, 0.4) is 0 Å². The van der Waals surface area contributed by atoms with Crippen molar-refractivity contribution in [2.45, 2.75) is 24.9 Å². The lowest BCUT2D eigenvalue weighted by Crippen LogP contribution is -2.39. The largest absolute Gasteiger partial charge is 0.326 e. The average Bonchev–Trinajstić information content (AvgIpc) is 2.51. The molecule has 2 N–H and O–H groups in total. The van der Waals surface area contributed by atoms with Crippen molar-refractivity contribution in [2.24, 2.45) is 5.73 Å². The Morgan fingerprint density at radius 1 is 1.50 bits per heavy atom. The maximum atomic E-state index is 6.06. The van der Waals surface area contributed by atoms with E-state index in [1.165, 1.54) is 5.56 Å². The van der Waals surface area contributed by atoms with Crippen molar-refractivity contribution in [3.8, 4) is 0 Å². The Hall–Kier alpha value is -0.930. The van der Waals surface area contributed by atoms with Gasteiger partial charge in [0, 0.05) is 24.5 Å². The lowest BCUT2D eigenvalue weighted by molar-refractivity contribution is 0.296. The summed E-state index contributed by atoms with van der Waals surface area (Å²) in [6.07, 6.45) is 5.85. The van der Waals surface area contributed by atoms with Crippen molar-refractivity contribution < 1.29 is 0 Å². The Kier molecular flexibility index (Phi) is 2.79. The Bertz CT molecular complexity index is 276. The van der Waals surface area contributed by atoms with Gasteiger partial charge in [0.15, 0.2) is 0 Å². The van der Waals surface area contributed by atoms with Crippen molar-refractivity contribution in [3.05, 3.63) is 30.1 Å². The summed E-state index contributed by atoms with van der Waals surface area (Å²) in [5.74, 6) is 0. The minimum absolute atomic E-state index is 0.327. The lowest BCUT2D eigenvalue weighted by atomic mass is 10.0. The van der Waals surface area contributed by atoms with E-state index in [1.807, 2.05) is 12.4 Å². The van der Waals surface area contributed by atoms with Crippen molar-refractivity contribution in [2.75, 3.05) is 13.6 Å². The number of likely N-dealkylation sites (N-methyl/N-ethyl adjacent to an activating group) is 1. The maximum absolute atomic E-state index is 6.06. The number of rotatable bonds is 2. The topological polar surface area (TPSA) is 42.1 Å². The quantitative estimate of drug-likeness (QED) is 0.746. The van der Waals surface area contributed by atoms with Gasteiger partial charge in [-0.15, -0.1) is 0 Å². The predicted molar refractivity (Wildman–Crippen MR) is 57.0 cm³/mol. The van der Waals surface area contributed by atoms with Gasteiger partial charge in [-0.25, -0.2) is 0 Å². The number of pyridine rings is 1. The van der Waals surface area contributed by atoms with Crippen LogP contribution in [-0.4, -0.2) is 35.6 Å². The van der Waals surface area contributed by atoms with Crippen LogP contribution < -0.4 is 5.73 Å². The van der Waals surface area contributed by atoms with Gasteiger partial charge < -0.3 is 10.6 Å². The minimum Gasteiger partial charge on any atom is -0.326 e. The molecule has 0 spiro atoms. The maximum Gasteiger partial charge on any atom is 0.0285 e. The standard InChI is InChI=1S/C11H17N3/c1-14-7-4-10(12)11(14)8-9-2-5-13-6-3-9/h2-3,5-6,10-11H,4,7-8,12H2,1H3. The van der Waals surface area contributed by atoms with Crippen molar-refractivity contribution in [1.82, 2.24) is 9.88 Å². The summed E-state index contributed by atoms with van der Waals surface area (Å²) in [5, 5.41) is 0. The molecule has 0 radical (unpaired) electrons. The third-order valence-electron chi connectivity index (χ3n) is 3.07. The Morgan fingerprint density at radius 3 is 2.79 bits per heavy atom. The van der Waals surface area contributed by atoms with Gasteiger partial charge in [-0.1, -0.05) is 0 Å². The molecule has 0 bridgehead atoms. The number of likely N-dealkylation sites (tertiary alicyclic amines) is 1. The molecule has 1 saturated heterocycles. The highest BCUT2D eigenvalue weighted by Crippen LogP contribution is 2.17. The summed E-state index contributed by atoms with van der Waals surface area (Å²) in [5.41, 5.74) is 7.39. The first-order valence-corrected chi connectivity index (χ1v) is 5.12. The Morgan fingerprint density at radius 2 is 2.21 bits per heavy atom. The van der Waals surface area contributed by atoms with Crippen LogP contribution in [0.1, 0.15) is 12.0 Å². The van der Waals surface area contributed by atoms with E-state index in [2.05, 4.69) is 29.1 Å². The SMILES string of the molecule is CN1CCC(N)C1Cc1ccncc1. The van der Waals surface area contributed by atoms with E-state index in [0.717, 1.165) is 19.4 Å². The van der Waals surface area contributed by atoms with Gasteiger partial charge in [0.1, 0.15) is 0 Å². The van der Waals surface area contributed by atoms with Crippen LogP contribution in [0.25, 0.3) is 0 Å². The third kappa shape index (κ3) is 1.94. The molecule has 3 heteroatoms. The summed E-state index contributed by atoms with van der Waals surface area (Å²) in [7, 11) is 2.15. The second kappa shape index (κ2) is 4.07. The number of nitrogens with two attached hydrogens (primary N) is 1. The smallest absolute Gasteiger partial charge is 0.0285 e. The van der Waals surface area contributed by atoms with Crippen LogP contribution in [0.4, 0.5) is 0 Å². The van der Waals surface area contributed by atoms with E-state index >= 15 is 0 Å². The van der Waals surface area contributed by atoms with Gasteiger partial charge in [0.2, 0.25) is 0 Å². The first kappa shape index (κ1) is 9.62. The predicted octanol–water partition coefficient (Wildman–Crippen LogP) is 0.655. The van der Waals surface area contributed by atoms with Crippen molar-refractivity contribution >= 4 is 0 Å². The number of hydrogen-bond acceptors (Lipinski definition) is 3. The van der Waals surface area contributed by atoms with Gasteiger partial charge >= 0.3 is 0 Å². The average molecular weight is 191 g/mol. The van der Waals surface area contributed by atoms with E-state index in [4.69, 9.17) is 5.73 Å². The van der Waals surface area contributed by atoms with E-state index < -0.39 is 0 Å². The minimum atomic E-state index is 0.327. The van der Waals surface area contributed by atoms with Crippen LogP contribution in [0.5, 0.6) is 0 Å². The highest BCUT2D eigenvalue weighted by molar-refractivity contribution is 5.13. The molecule has 14 heavy (non-hydrogen) atoms. The highest BCUT2D eigenvalue weighted by atomic mass is 15.2. The Labute approximate surface area is 84.9 Å². The highest BCUT2D eigenvalue weighted by Gasteiger charge is 2.28. The fourth-order valence-electron chi connectivity index (χ4n) is 2.11. The molecule has 0 saturated carbocycles. The zero-order valence-corrected chi connectivity index (χ0v) is 8.56. The fraction of sp³-hybridized carbons (Fsp3) is 0.545. The second-order valence-corrected chi connectivity index (χ2v) is 4.06. The van der Waals surface area contributed by atoms with Crippen molar-refractivity contribution in [3.63, 3.8) is 0 Å². The zero-order valence-electron chi connectivity index (χ0n) is 8.56. The molecular formula is C11H17N3. The molecule has 1 aliphatic rings. The molecule has 0 amide bonds. The van der Waals surface area contributed by atoms with Crippen LogP contribution in [-0.2, 0) is 6.42 Å². The fourth-order valence-corrected chi connectivity index (χ4v) is 2.11. The molecule has 1 fully saturated rings. The molecule has 76 valence electrons. The molecule has 2 unspecified atom stereocenters. The van der Waals surface area contributed by atoms with Crippen LogP contribution in [0.15, 0.2) is 24.5 Å². The van der Waals surface area contributed by atoms with Gasteiger partial charge in [-0.05, 0) is 44.1 Å². The normalized spacial score (nSPS) is 28.1. The first-order valence-electron chi connectivity index (χ1n) is 5.12. The zero-order chi connectivity index (χ0) is 9.97. The molecular weight excluding hydrogens is 174 g/mol. The monoisotopic (exact) mass is 191 g/mol. The summed E-state index contributed by atoms with van der Waals surface area (Å²) < 4.78 is 0. The molecule has 0 aromatic carbocycles. The molecule has 3 nitrogen and oxygen atoms in total. The second-order valence-electron chi connectivity index (χ2n) is 4.06. The van der Waals surface area contributed by atoms with Gasteiger partial charge in [-0.2, -0.15) is 0 Å². The molecule has 0 aliphatic carbocycles. The lowest BCUT2D eigenvalue weighted by Gasteiger charge is -2.22. The molecule has 2 rings (SSSR count). The number of aromatic nitrogens is 1. The first-order chi connectivity index (χ1) is 6.77. The van der Waals surface area contributed by atoms with E-state index in [0.29, 0.717) is 12.1 Å². The van der Waals surface area contributed by atoms with E-state index in [-0.39, 0.29) is 0 Å². The van der Waals surface area contributed by atoms with Crippen LogP contribution in [0, 0.1) is 0 Å². The summed E-state index contributed by atoms with van der Waals surface area (Å²) in [4.78, 5) is 6.37. The van der Waals surface area contributed by atoms with Gasteiger partial charge in [-0.3, -0.25) is 4.98 Å². The number of nitrogens with zero attached hydrogens (tertiary/aromatic N) is 2. The summed E-state index contributed by atoms with van der Waals surface area (Å²) in [6.45, 7) is 1.12. The van der Waals surface area contributed by atoms with Crippen LogP contribution >= 0.6 is 0 Å². The molecule has 1 aromatic heterocycles. The third-order valence-corrected chi connectivity index (χ3v) is 3.07.